The number of rotatable bonds is 1. The zero-order valence-corrected chi connectivity index (χ0v) is 4.46. The van der Waals surface area contributed by atoms with Crippen molar-refractivity contribution >= 4 is 7.80 Å². The van der Waals surface area contributed by atoms with Crippen molar-refractivity contribution in [3.63, 3.8) is 0 Å². The standard InChI is InChI=1S/C3H8OP/c1-3-5(2)4/h3H2,1-2H3/q+1. The fourth-order valence-electron chi connectivity index (χ4n) is 0. The van der Waals surface area contributed by atoms with E-state index in [1.807, 2.05) is 6.92 Å². The molecule has 1 atom stereocenters. The van der Waals surface area contributed by atoms with Crippen LogP contribution in [0, 0.1) is 0 Å². The molecule has 1 nitrogen and oxygen atoms in total. The van der Waals surface area contributed by atoms with E-state index in [-0.39, 0.29) is 0 Å². The first-order valence-electron chi connectivity index (χ1n) is 1.65. The zero-order valence-electron chi connectivity index (χ0n) is 3.56. The molecular formula is C3H8OP+. The average Bonchev–Trinajstić information content (AvgIpc) is 1.38. The van der Waals surface area contributed by atoms with Crippen molar-refractivity contribution in [3.8, 4) is 0 Å². The summed E-state index contributed by atoms with van der Waals surface area (Å²) >= 11 is 0. The largest absolute Gasteiger partial charge is 0.335 e. The monoisotopic (exact) mass is 91.0 g/mol. The highest BCUT2D eigenvalue weighted by Crippen LogP contribution is 2.09. The Morgan fingerprint density at radius 3 is 2.00 bits per heavy atom. The molecule has 1 unspecified atom stereocenters. The summed E-state index contributed by atoms with van der Waals surface area (Å²) in [6.45, 7) is 3.65. The van der Waals surface area contributed by atoms with Gasteiger partial charge in [0.05, 0.1) is 0 Å². The molecule has 0 aromatic rings. The molecule has 0 spiro atoms. The summed E-state index contributed by atoms with van der Waals surface area (Å²) in [4.78, 5) is 0. The Morgan fingerprint density at radius 2 is 2.00 bits per heavy atom. The first-order valence-corrected chi connectivity index (χ1v) is 3.55. The van der Waals surface area contributed by atoms with Gasteiger partial charge in [-0.05, 0) is 6.92 Å². The highest BCUT2D eigenvalue weighted by atomic mass is 31.1. The van der Waals surface area contributed by atoms with Crippen LogP contribution >= 0.6 is 7.80 Å². The molecule has 0 rings (SSSR count). The summed E-state index contributed by atoms with van der Waals surface area (Å²) in [7, 11) is -0.848. The predicted octanol–water partition coefficient (Wildman–Crippen LogP) is 1.46. The summed E-state index contributed by atoms with van der Waals surface area (Å²) in [5.41, 5.74) is 0. The fraction of sp³-hybridized carbons (Fsp3) is 1.00. The SMILES string of the molecule is CC[P+](C)=O. The third kappa shape index (κ3) is 4.10. The molecule has 30 valence electrons. The predicted molar refractivity (Wildman–Crippen MR) is 24.1 cm³/mol. The first-order chi connectivity index (χ1) is 2.27. The van der Waals surface area contributed by atoms with Crippen molar-refractivity contribution in [1.82, 2.24) is 0 Å². The molecule has 0 radical (unpaired) electrons. The van der Waals surface area contributed by atoms with Crippen LogP contribution in [0.3, 0.4) is 0 Å². The maximum Gasteiger partial charge on any atom is 0.335 e. The van der Waals surface area contributed by atoms with Crippen LogP contribution in [-0.4, -0.2) is 12.8 Å². The summed E-state index contributed by atoms with van der Waals surface area (Å²) < 4.78 is 9.96. The molecule has 0 N–H and O–H groups in total. The van der Waals surface area contributed by atoms with Gasteiger partial charge in [0.2, 0.25) is 0 Å². The van der Waals surface area contributed by atoms with Crippen LogP contribution < -0.4 is 0 Å². The lowest BCUT2D eigenvalue weighted by molar-refractivity contribution is 0.592. The average molecular weight is 91.1 g/mol. The van der Waals surface area contributed by atoms with E-state index in [2.05, 4.69) is 0 Å². The molecule has 0 saturated heterocycles. The third-order valence-electron chi connectivity index (χ3n) is 0.445. The molecule has 5 heavy (non-hydrogen) atoms. The van der Waals surface area contributed by atoms with Crippen LogP contribution in [0.15, 0.2) is 0 Å². The molecule has 0 aromatic heterocycles. The van der Waals surface area contributed by atoms with Crippen molar-refractivity contribution in [2.24, 2.45) is 0 Å². The van der Waals surface area contributed by atoms with E-state index in [1.165, 1.54) is 0 Å². The highest BCUT2D eigenvalue weighted by molar-refractivity contribution is 7.43. The first kappa shape index (κ1) is 5.10. The molecule has 0 bridgehead atoms. The van der Waals surface area contributed by atoms with Crippen LogP contribution in [0.5, 0.6) is 0 Å². The van der Waals surface area contributed by atoms with Crippen molar-refractivity contribution in [2.45, 2.75) is 6.92 Å². The van der Waals surface area contributed by atoms with Crippen LogP contribution in [-0.2, 0) is 4.57 Å². The second-order valence-corrected chi connectivity index (χ2v) is 2.83. The lowest BCUT2D eigenvalue weighted by atomic mass is 11.0. The minimum atomic E-state index is -0.848. The Hall–Kier alpha value is 0.100. The number of hydrogen-bond acceptors (Lipinski definition) is 1. The van der Waals surface area contributed by atoms with E-state index in [9.17, 15) is 4.57 Å². The molecule has 2 heteroatoms. The van der Waals surface area contributed by atoms with Gasteiger partial charge in [-0.3, -0.25) is 0 Å². The van der Waals surface area contributed by atoms with Gasteiger partial charge in [0, 0.05) is 0 Å². The topological polar surface area (TPSA) is 17.1 Å². The molecule has 0 aromatic carbocycles. The minimum absolute atomic E-state index is 0.815. The van der Waals surface area contributed by atoms with Gasteiger partial charge in [0.15, 0.2) is 0 Å². The Kier molecular flexibility index (Phi) is 2.39. The molecule has 0 aliphatic carbocycles. The molecule has 0 aliphatic rings. The smallest absolute Gasteiger partial charge is 0.0752 e. The molecule has 0 heterocycles. The van der Waals surface area contributed by atoms with Crippen LogP contribution in [0.4, 0.5) is 0 Å². The molecule has 0 amide bonds. The van der Waals surface area contributed by atoms with E-state index in [0.29, 0.717) is 0 Å². The lowest BCUT2D eigenvalue weighted by Crippen LogP contribution is -1.55. The summed E-state index contributed by atoms with van der Waals surface area (Å²) in [5, 5.41) is 0. The van der Waals surface area contributed by atoms with Crippen molar-refractivity contribution < 1.29 is 4.57 Å². The third-order valence-corrected chi connectivity index (χ3v) is 1.34. The lowest BCUT2D eigenvalue weighted by Gasteiger charge is -1.55. The Morgan fingerprint density at radius 1 is 1.80 bits per heavy atom. The van der Waals surface area contributed by atoms with Gasteiger partial charge in [-0.1, -0.05) is 4.57 Å². The summed E-state index contributed by atoms with van der Waals surface area (Å²) in [6.07, 6.45) is 0.815. The van der Waals surface area contributed by atoms with Gasteiger partial charge in [-0.15, -0.1) is 0 Å². The molecule has 0 saturated carbocycles. The Labute approximate surface area is 33.2 Å². The van der Waals surface area contributed by atoms with E-state index in [1.54, 1.807) is 6.66 Å². The molecule has 0 aliphatic heterocycles. The Bertz CT molecular complexity index is 42.2. The van der Waals surface area contributed by atoms with E-state index >= 15 is 0 Å². The summed E-state index contributed by atoms with van der Waals surface area (Å²) in [5.74, 6) is 0. The second-order valence-electron chi connectivity index (χ2n) is 0.944. The van der Waals surface area contributed by atoms with Crippen molar-refractivity contribution in [1.29, 1.82) is 0 Å². The van der Waals surface area contributed by atoms with Gasteiger partial charge in [0.25, 0.3) is 0 Å². The highest BCUT2D eigenvalue weighted by Gasteiger charge is 1.93. The van der Waals surface area contributed by atoms with E-state index in [0.717, 1.165) is 6.16 Å². The molecular weight excluding hydrogens is 83.0 g/mol. The van der Waals surface area contributed by atoms with Gasteiger partial charge < -0.3 is 0 Å². The van der Waals surface area contributed by atoms with Crippen LogP contribution in [0.2, 0.25) is 0 Å². The Balaban J connectivity index is 2.85. The van der Waals surface area contributed by atoms with Crippen molar-refractivity contribution in [2.75, 3.05) is 12.8 Å². The number of hydrogen-bond donors (Lipinski definition) is 0. The summed E-state index contributed by atoms with van der Waals surface area (Å²) in [6, 6.07) is 0. The van der Waals surface area contributed by atoms with E-state index < -0.39 is 7.80 Å². The van der Waals surface area contributed by atoms with E-state index in [4.69, 9.17) is 0 Å². The maximum absolute atomic E-state index is 9.96. The maximum atomic E-state index is 9.96. The zero-order chi connectivity index (χ0) is 4.28. The van der Waals surface area contributed by atoms with Gasteiger partial charge >= 0.3 is 7.80 Å². The van der Waals surface area contributed by atoms with Crippen LogP contribution in [0.25, 0.3) is 0 Å². The van der Waals surface area contributed by atoms with Gasteiger partial charge in [0.1, 0.15) is 12.8 Å². The van der Waals surface area contributed by atoms with Gasteiger partial charge in [-0.25, -0.2) is 0 Å². The van der Waals surface area contributed by atoms with Crippen molar-refractivity contribution in [3.05, 3.63) is 0 Å². The molecule has 0 fully saturated rings. The quantitative estimate of drug-likeness (QED) is 0.446. The van der Waals surface area contributed by atoms with Gasteiger partial charge in [-0.2, -0.15) is 0 Å². The second kappa shape index (κ2) is 2.34. The van der Waals surface area contributed by atoms with Crippen LogP contribution in [0.1, 0.15) is 6.92 Å². The normalized spacial score (nSPS) is 11.2. The fourth-order valence-corrected chi connectivity index (χ4v) is 0. The minimum Gasteiger partial charge on any atom is -0.0752 e.